The molecule has 1 aliphatic rings. The van der Waals surface area contributed by atoms with Crippen LogP contribution in [0.2, 0.25) is 0 Å². The first-order chi connectivity index (χ1) is 11.5. The molecule has 0 saturated carbocycles. The number of hydrogen-bond acceptors (Lipinski definition) is 2. The smallest absolute Gasteiger partial charge is 0.219 e. The second kappa shape index (κ2) is 9.02. The molecule has 0 aliphatic carbocycles. The van der Waals surface area contributed by atoms with E-state index in [1.807, 2.05) is 4.90 Å². The lowest BCUT2D eigenvalue weighted by Crippen LogP contribution is -2.38. The van der Waals surface area contributed by atoms with Gasteiger partial charge in [-0.15, -0.1) is 0 Å². The average Bonchev–Trinajstić information content (AvgIpc) is 2.81. The fourth-order valence-electron chi connectivity index (χ4n) is 3.03. The molecule has 1 fully saturated rings. The maximum Gasteiger partial charge on any atom is 0.219 e. The van der Waals surface area contributed by atoms with Crippen LogP contribution in [0.15, 0.2) is 18.2 Å². The minimum absolute atomic E-state index is 0.147. The van der Waals surface area contributed by atoms with Crippen molar-refractivity contribution < 1.29 is 4.79 Å². The van der Waals surface area contributed by atoms with Crippen LogP contribution in [0.4, 0.5) is 5.69 Å². The molecule has 4 nitrogen and oxygen atoms in total. The lowest BCUT2D eigenvalue weighted by molar-refractivity contribution is -0.128. The Bertz CT molecular complexity index is 588. The maximum atomic E-state index is 11.5. The summed E-state index contributed by atoms with van der Waals surface area (Å²) < 4.78 is 0. The van der Waals surface area contributed by atoms with Crippen molar-refractivity contribution in [2.45, 2.75) is 46.5 Å². The summed E-state index contributed by atoms with van der Waals surface area (Å²) in [6, 6.07) is 6.57. The number of nitrogens with zero attached hydrogens (tertiary/aromatic N) is 2. The molecule has 0 bridgehead atoms. The SMILES string of the molecule is CCCCc1ccc(NC(=S)N2CCCN(C(C)=O)CC2)c(C)c1. The number of anilines is 1. The van der Waals surface area contributed by atoms with Gasteiger partial charge in [-0.25, -0.2) is 0 Å². The van der Waals surface area contributed by atoms with Crippen LogP contribution in [-0.4, -0.2) is 47.0 Å². The third-order valence-electron chi connectivity index (χ3n) is 4.58. The van der Waals surface area contributed by atoms with Crippen LogP contribution in [-0.2, 0) is 11.2 Å². The van der Waals surface area contributed by atoms with Crippen LogP contribution in [0, 0.1) is 6.92 Å². The van der Waals surface area contributed by atoms with Crippen molar-refractivity contribution in [2.24, 2.45) is 0 Å². The number of aryl methyl sites for hydroxylation is 2. The summed E-state index contributed by atoms with van der Waals surface area (Å²) >= 11 is 5.59. The van der Waals surface area contributed by atoms with Gasteiger partial charge in [-0.2, -0.15) is 0 Å². The predicted molar refractivity (Wildman–Crippen MR) is 104 cm³/mol. The van der Waals surface area contributed by atoms with Crippen molar-refractivity contribution in [3.8, 4) is 0 Å². The molecule has 0 unspecified atom stereocenters. The first kappa shape index (κ1) is 18.7. The van der Waals surface area contributed by atoms with E-state index in [1.54, 1.807) is 6.92 Å². The standard InChI is InChI=1S/C19H29N3OS/c1-4-5-7-17-8-9-18(15(2)14-17)20-19(24)22-11-6-10-21(12-13-22)16(3)23/h8-9,14H,4-7,10-13H2,1-3H3,(H,20,24). The highest BCUT2D eigenvalue weighted by atomic mass is 32.1. The number of thiocarbonyl (C=S) groups is 1. The summed E-state index contributed by atoms with van der Waals surface area (Å²) in [6.07, 6.45) is 4.53. The normalized spacial score (nSPS) is 15.1. The molecular formula is C19H29N3OS. The zero-order valence-electron chi connectivity index (χ0n) is 15.1. The van der Waals surface area contributed by atoms with Crippen LogP contribution < -0.4 is 5.32 Å². The minimum Gasteiger partial charge on any atom is -0.347 e. The molecule has 1 aromatic rings. The van der Waals surface area contributed by atoms with E-state index >= 15 is 0 Å². The average molecular weight is 348 g/mol. The van der Waals surface area contributed by atoms with Gasteiger partial charge in [0.25, 0.3) is 0 Å². The summed E-state index contributed by atoms with van der Waals surface area (Å²) in [5.41, 5.74) is 3.69. The molecule has 2 rings (SSSR count). The number of carbonyl (C=O) groups excluding carboxylic acids is 1. The molecule has 1 amide bonds. The van der Waals surface area contributed by atoms with E-state index in [2.05, 4.69) is 42.3 Å². The Hall–Kier alpha value is -1.62. The van der Waals surface area contributed by atoms with Crippen molar-refractivity contribution >= 4 is 28.9 Å². The van der Waals surface area contributed by atoms with E-state index in [0.717, 1.165) is 49.8 Å². The molecule has 1 aliphatic heterocycles. The van der Waals surface area contributed by atoms with Gasteiger partial charge in [0.05, 0.1) is 0 Å². The van der Waals surface area contributed by atoms with Crippen molar-refractivity contribution in [2.75, 3.05) is 31.5 Å². The van der Waals surface area contributed by atoms with Crippen molar-refractivity contribution in [1.82, 2.24) is 9.80 Å². The van der Waals surface area contributed by atoms with Gasteiger partial charge in [0.1, 0.15) is 0 Å². The van der Waals surface area contributed by atoms with Gasteiger partial charge in [-0.1, -0.05) is 25.5 Å². The van der Waals surface area contributed by atoms with Crippen molar-refractivity contribution in [1.29, 1.82) is 0 Å². The van der Waals surface area contributed by atoms with Crippen LogP contribution >= 0.6 is 12.2 Å². The van der Waals surface area contributed by atoms with Gasteiger partial charge < -0.3 is 15.1 Å². The molecule has 0 aromatic heterocycles. The summed E-state index contributed by atoms with van der Waals surface area (Å²) in [5, 5.41) is 4.14. The van der Waals surface area contributed by atoms with Gasteiger partial charge >= 0.3 is 0 Å². The summed E-state index contributed by atoms with van der Waals surface area (Å²) in [7, 11) is 0. The number of nitrogens with one attached hydrogen (secondary N) is 1. The quantitative estimate of drug-likeness (QED) is 0.845. The van der Waals surface area contributed by atoms with Crippen LogP contribution in [0.25, 0.3) is 0 Å². The summed E-state index contributed by atoms with van der Waals surface area (Å²) in [5.74, 6) is 0.147. The van der Waals surface area contributed by atoms with Gasteiger partial charge in [0.15, 0.2) is 5.11 Å². The van der Waals surface area contributed by atoms with Gasteiger partial charge in [-0.3, -0.25) is 4.79 Å². The topological polar surface area (TPSA) is 35.6 Å². The number of hydrogen-bond donors (Lipinski definition) is 1. The highest BCUT2D eigenvalue weighted by Crippen LogP contribution is 2.19. The molecule has 132 valence electrons. The number of rotatable bonds is 4. The van der Waals surface area contributed by atoms with E-state index in [0.29, 0.717) is 0 Å². The van der Waals surface area contributed by atoms with Crippen LogP contribution in [0.3, 0.4) is 0 Å². The molecule has 0 radical (unpaired) electrons. The summed E-state index contributed by atoms with van der Waals surface area (Å²) in [6.45, 7) is 9.22. The minimum atomic E-state index is 0.147. The van der Waals surface area contributed by atoms with E-state index < -0.39 is 0 Å². The van der Waals surface area contributed by atoms with E-state index in [9.17, 15) is 4.79 Å². The Balaban J connectivity index is 1.95. The van der Waals surface area contributed by atoms with Crippen LogP contribution in [0.1, 0.15) is 44.2 Å². The second-order valence-electron chi connectivity index (χ2n) is 6.53. The van der Waals surface area contributed by atoms with E-state index in [1.165, 1.54) is 24.0 Å². The Morgan fingerprint density at radius 3 is 2.58 bits per heavy atom. The highest BCUT2D eigenvalue weighted by molar-refractivity contribution is 7.80. The highest BCUT2D eigenvalue weighted by Gasteiger charge is 2.18. The van der Waals surface area contributed by atoms with Crippen LogP contribution in [0.5, 0.6) is 0 Å². The van der Waals surface area contributed by atoms with E-state index in [-0.39, 0.29) is 5.91 Å². The third kappa shape index (κ3) is 5.20. The molecule has 1 N–H and O–H groups in total. The Labute approximate surface area is 151 Å². The number of amides is 1. The van der Waals surface area contributed by atoms with Crippen molar-refractivity contribution in [3.63, 3.8) is 0 Å². The first-order valence-electron chi connectivity index (χ1n) is 8.92. The molecule has 1 aromatic carbocycles. The Morgan fingerprint density at radius 2 is 1.92 bits per heavy atom. The number of carbonyl (C=O) groups is 1. The fraction of sp³-hybridized carbons (Fsp3) is 0.579. The molecule has 1 heterocycles. The molecule has 0 spiro atoms. The largest absolute Gasteiger partial charge is 0.347 e. The van der Waals surface area contributed by atoms with Gasteiger partial charge in [-0.05, 0) is 55.6 Å². The lowest BCUT2D eigenvalue weighted by Gasteiger charge is -2.25. The van der Waals surface area contributed by atoms with E-state index in [4.69, 9.17) is 12.2 Å². The molecule has 0 atom stereocenters. The monoisotopic (exact) mass is 347 g/mol. The van der Waals surface area contributed by atoms with Crippen molar-refractivity contribution in [3.05, 3.63) is 29.3 Å². The predicted octanol–water partition coefficient (Wildman–Crippen LogP) is 3.59. The molecular weight excluding hydrogens is 318 g/mol. The number of unbranched alkanes of at least 4 members (excludes halogenated alkanes) is 1. The first-order valence-corrected chi connectivity index (χ1v) is 9.33. The second-order valence-corrected chi connectivity index (χ2v) is 6.92. The fourth-order valence-corrected chi connectivity index (χ4v) is 3.32. The Morgan fingerprint density at radius 1 is 1.21 bits per heavy atom. The number of benzene rings is 1. The molecule has 5 heteroatoms. The zero-order valence-corrected chi connectivity index (χ0v) is 15.9. The Kier molecular flexibility index (Phi) is 7.03. The molecule has 24 heavy (non-hydrogen) atoms. The lowest BCUT2D eigenvalue weighted by atomic mass is 10.0. The molecule has 1 saturated heterocycles. The zero-order chi connectivity index (χ0) is 17.5. The van der Waals surface area contributed by atoms with Gasteiger partial charge in [0.2, 0.25) is 5.91 Å². The third-order valence-corrected chi connectivity index (χ3v) is 4.94. The summed E-state index contributed by atoms with van der Waals surface area (Å²) in [4.78, 5) is 15.6. The van der Waals surface area contributed by atoms with Gasteiger partial charge in [0, 0.05) is 38.8 Å². The maximum absolute atomic E-state index is 11.5.